The zero-order valence-corrected chi connectivity index (χ0v) is 16.7. The molecule has 0 spiro atoms. The van der Waals surface area contributed by atoms with E-state index >= 15 is 0 Å². The highest BCUT2D eigenvalue weighted by Crippen LogP contribution is 2.36. The van der Waals surface area contributed by atoms with Crippen molar-refractivity contribution in [3.05, 3.63) is 71.2 Å². The summed E-state index contributed by atoms with van der Waals surface area (Å²) in [5.74, 6) is 0. The van der Waals surface area contributed by atoms with Crippen molar-refractivity contribution in [1.29, 1.82) is 0 Å². The van der Waals surface area contributed by atoms with Gasteiger partial charge in [0.25, 0.3) is 0 Å². The summed E-state index contributed by atoms with van der Waals surface area (Å²) in [6.07, 6.45) is 5.02. The Hall–Kier alpha value is -2.86. The molecular formula is C22H26N6. The Balaban J connectivity index is 1.60. The van der Waals surface area contributed by atoms with Crippen molar-refractivity contribution in [1.82, 2.24) is 29.2 Å². The summed E-state index contributed by atoms with van der Waals surface area (Å²) in [5.41, 5.74) is 7.37. The second kappa shape index (κ2) is 6.63. The number of rotatable bonds is 4. The van der Waals surface area contributed by atoms with Crippen LogP contribution in [0.5, 0.6) is 0 Å². The van der Waals surface area contributed by atoms with Crippen LogP contribution in [0.4, 0.5) is 0 Å². The first-order valence-electron chi connectivity index (χ1n) is 9.99. The van der Waals surface area contributed by atoms with E-state index in [1.807, 2.05) is 11.0 Å². The summed E-state index contributed by atoms with van der Waals surface area (Å²) in [7, 11) is 2.16. The zero-order valence-electron chi connectivity index (χ0n) is 16.7. The third-order valence-corrected chi connectivity index (χ3v) is 6.04. The predicted molar refractivity (Wildman–Crippen MR) is 110 cm³/mol. The van der Waals surface area contributed by atoms with Gasteiger partial charge in [-0.3, -0.25) is 9.58 Å². The van der Waals surface area contributed by atoms with E-state index < -0.39 is 0 Å². The number of nitrogens with zero attached hydrogens (tertiary/aromatic N) is 5. The van der Waals surface area contributed by atoms with E-state index in [0.717, 1.165) is 37.4 Å². The first-order chi connectivity index (χ1) is 13.7. The Morgan fingerprint density at radius 2 is 2.11 bits per heavy atom. The standard InChI is InChI=1S/C22H26N6/c1-4-28-13-17(15(2)25-28)12-27-10-9-18-21(24-14-23-18)22(27)20-11-16-7-5-6-8-19(16)26(20)3/h5-8,11,13-14,22H,4,9-10,12H2,1-3H3,(H,23,24). The number of benzene rings is 1. The molecule has 4 heterocycles. The maximum absolute atomic E-state index is 4.73. The van der Waals surface area contributed by atoms with Crippen LogP contribution in [0.2, 0.25) is 0 Å². The van der Waals surface area contributed by atoms with Crippen molar-refractivity contribution in [3.63, 3.8) is 0 Å². The van der Waals surface area contributed by atoms with E-state index in [0.29, 0.717) is 0 Å². The Bertz CT molecular complexity index is 1130. The molecular weight excluding hydrogens is 348 g/mol. The van der Waals surface area contributed by atoms with Crippen LogP contribution in [0.25, 0.3) is 10.9 Å². The van der Waals surface area contributed by atoms with Gasteiger partial charge in [-0.1, -0.05) is 18.2 Å². The molecule has 1 atom stereocenters. The second-order valence-corrected chi connectivity index (χ2v) is 7.67. The number of hydrogen-bond acceptors (Lipinski definition) is 3. The van der Waals surface area contributed by atoms with Crippen LogP contribution >= 0.6 is 0 Å². The van der Waals surface area contributed by atoms with Crippen molar-refractivity contribution in [2.24, 2.45) is 7.05 Å². The van der Waals surface area contributed by atoms with Gasteiger partial charge in [-0.15, -0.1) is 0 Å². The van der Waals surface area contributed by atoms with E-state index in [2.05, 4.69) is 77.0 Å². The molecule has 1 unspecified atom stereocenters. The van der Waals surface area contributed by atoms with Crippen molar-refractivity contribution >= 4 is 10.9 Å². The molecule has 0 bridgehead atoms. The first kappa shape index (κ1) is 17.3. The zero-order chi connectivity index (χ0) is 19.3. The number of para-hydroxylation sites is 1. The van der Waals surface area contributed by atoms with E-state index in [1.54, 1.807) is 0 Å². The second-order valence-electron chi connectivity index (χ2n) is 7.67. The summed E-state index contributed by atoms with van der Waals surface area (Å²) in [6, 6.07) is 11.0. The molecule has 0 amide bonds. The smallest absolute Gasteiger partial charge is 0.0951 e. The average Bonchev–Trinajstić information content (AvgIpc) is 3.40. The largest absolute Gasteiger partial charge is 0.348 e. The van der Waals surface area contributed by atoms with Crippen molar-refractivity contribution in [2.45, 2.75) is 39.4 Å². The van der Waals surface area contributed by atoms with Gasteiger partial charge in [-0.25, -0.2) is 4.98 Å². The van der Waals surface area contributed by atoms with Crippen LogP contribution in [0.15, 0.2) is 42.9 Å². The molecule has 6 nitrogen and oxygen atoms in total. The van der Waals surface area contributed by atoms with Crippen LogP contribution in [0, 0.1) is 6.92 Å². The fourth-order valence-corrected chi connectivity index (χ4v) is 4.49. The summed E-state index contributed by atoms with van der Waals surface area (Å²) in [6.45, 7) is 7.02. The molecule has 0 fully saturated rings. The van der Waals surface area contributed by atoms with Gasteiger partial charge in [0.1, 0.15) is 0 Å². The monoisotopic (exact) mass is 374 g/mol. The lowest BCUT2D eigenvalue weighted by atomic mass is 9.98. The molecule has 144 valence electrons. The predicted octanol–water partition coefficient (Wildman–Crippen LogP) is 3.57. The van der Waals surface area contributed by atoms with Gasteiger partial charge >= 0.3 is 0 Å². The summed E-state index contributed by atoms with van der Waals surface area (Å²) in [5, 5.41) is 5.92. The van der Waals surface area contributed by atoms with Gasteiger partial charge in [0.05, 0.1) is 23.8 Å². The first-order valence-corrected chi connectivity index (χ1v) is 9.99. The fraction of sp³-hybridized carbons (Fsp3) is 0.364. The number of nitrogens with one attached hydrogen (secondary N) is 1. The highest BCUT2D eigenvalue weighted by Gasteiger charge is 2.33. The Morgan fingerprint density at radius 3 is 2.89 bits per heavy atom. The minimum absolute atomic E-state index is 0.136. The molecule has 1 aliphatic rings. The summed E-state index contributed by atoms with van der Waals surface area (Å²) in [4.78, 5) is 10.6. The molecule has 4 aromatic rings. The Labute approximate surface area is 164 Å². The molecule has 3 aromatic heterocycles. The van der Waals surface area contributed by atoms with E-state index in [4.69, 9.17) is 4.98 Å². The highest BCUT2D eigenvalue weighted by atomic mass is 15.3. The van der Waals surface area contributed by atoms with E-state index in [-0.39, 0.29) is 6.04 Å². The molecule has 28 heavy (non-hydrogen) atoms. The molecule has 0 radical (unpaired) electrons. The van der Waals surface area contributed by atoms with Crippen molar-refractivity contribution in [3.8, 4) is 0 Å². The maximum atomic E-state index is 4.73. The van der Waals surface area contributed by atoms with Gasteiger partial charge < -0.3 is 9.55 Å². The lowest BCUT2D eigenvalue weighted by molar-refractivity contribution is 0.194. The molecule has 1 aromatic carbocycles. The van der Waals surface area contributed by atoms with Crippen molar-refractivity contribution in [2.75, 3.05) is 6.54 Å². The van der Waals surface area contributed by atoms with Gasteiger partial charge in [0.15, 0.2) is 0 Å². The van der Waals surface area contributed by atoms with Crippen LogP contribution in [0.3, 0.4) is 0 Å². The van der Waals surface area contributed by atoms with Gasteiger partial charge in [-0.05, 0) is 31.4 Å². The van der Waals surface area contributed by atoms with Crippen LogP contribution < -0.4 is 0 Å². The number of fused-ring (bicyclic) bond motifs is 2. The quantitative estimate of drug-likeness (QED) is 0.594. The number of H-pyrrole nitrogens is 1. The summed E-state index contributed by atoms with van der Waals surface area (Å²) < 4.78 is 4.35. The number of hydrogen-bond donors (Lipinski definition) is 1. The number of aromatic nitrogens is 5. The van der Waals surface area contributed by atoms with Gasteiger partial charge in [-0.2, -0.15) is 5.10 Å². The molecule has 5 rings (SSSR count). The van der Waals surface area contributed by atoms with Crippen LogP contribution in [-0.4, -0.2) is 35.8 Å². The Morgan fingerprint density at radius 1 is 1.25 bits per heavy atom. The molecule has 6 heteroatoms. The summed E-state index contributed by atoms with van der Waals surface area (Å²) >= 11 is 0. The number of aryl methyl sites for hydroxylation is 3. The normalized spacial score (nSPS) is 17.3. The topological polar surface area (TPSA) is 54.7 Å². The third-order valence-electron chi connectivity index (χ3n) is 6.04. The Kier molecular flexibility index (Phi) is 4.09. The molecule has 1 N–H and O–H groups in total. The molecule has 1 aliphatic heterocycles. The van der Waals surface area contributed by atoms with Gasteiger partial charge in [0.2, 0.25) is 0 Å². The van der Waals surface area contributed by atoms with E-state index in [9.17, 15) is 0 Å². The average molecular weight is 374 g/mol. The van der Waals surface area contributed by atoms with Crippen molar-refractivity contribution < 1.29 is 0 Å². The number of imidazole rings is 1. The number of aromatic amines is 1. The van der Waals surface area contributed by atoms with E-state index in [1.165, 1.54) is 27.9 Å². The lowest BCUT2D eigenvalue weighted by Gasteiger charge is -2.35. The van der Waals surface area contributed by atoms with Crippen LogP contribution in [-0.2, 0) is 26.6 Å². The highest BCUT2D eigenvalue weighted by molar-refractivity contribution is 5.81. The maximum Gasteiger partial charge on any atom is 0.0951 e. The van der Waals surface area contributed by atoms with Crippen LogP contribution in [0.1, 0.15) is 41.3 Å². The minimum Gasteiger partial charge on any atom is -0.348 e. The molecule has 0 saturated carbocycles. The van der Waals surface area contributed by atoms with Gasteiger partial charge in [0, 0.05) is 61.8 Å². The molecule has 0 saturated heterocycles. The molecule has 0 aliphatic carbocycles. The lowest BCUT2D eigenvalue weighted by Crippen LogP contribution is -2.36. The minimum atomic E-state index is 0.136. The third kappa shape index (κ3) is 2.67. The fourth-order valence-electron chi connectivity index (χ4n) is 4.49. The SMILES string of the molecule is CCn1cc(CN2CCc3[nH]cnc3C2c2cc3ccccc3n2C)c(C)n1.